The third kappa shape index (κ3) is 3.20. The molecule has 0 N–H and O–H groups in total. The van der Waals surface area contributed by atoms with Gasteiger partial charge in [-0.3, -0.25) is 14.2 Å². The number of ketones is 1. The van der Waals surface area contributed by atoms with E-state index in [4.69, 9.17) is 4.98 Å². The van der Waals surface area contributed by atoms with Crippen molar-refractivity contribution in [2.75, 3.05) is 5.75 Å². The summed E-state index contributed by atoms with van der Waals surface area (Å²) < 4.78 is 1.71. The number of aromatic nitrogens is 2. The lowest BCUT2D eigenvalue weighted by Crippen LogP contribution is -2.23. The minimum Gasteiger partial charge on any atom is -0.293 e. The van der Waals surface area contributed by atoms with Crippen molar-refractivity contribution in [3.05, 3.63) is 81.6 Å². The van der Waals surface area contributed by atoms with E-state index in [0.29, 0.717) is 17.3 Å². The van der Waals surface area contributed by atoms with Gasteiger partial charge in [0.25, 0.3) is 5.56 Å². The minimum atomic E-state index is 0.00837. The molecule has 6 heteroatoms. The van der Waals surface area contributed by atoms with Crippen LogP contribution in [0.15, 0.2) is 64.5 Å². The molecule has 2 aromatic carbocycles. The first-order valence-electron chi connectivity index (χ1n) is 10.0. The second-order valence-corrected chi connectivity index (χ2v) is 9.21. The van der Waals surface area contributed by atoms with Crippen LogP contribution in [0, 0.1) is 0 Å². The van der Waals surface area contributed by atoms with Crippen LogP contribution in [0.3, 0.4) is 0 Å². The maximum atomic E-state index is 13.4. The van der Waals surface area contributed by atoms with Crippen molar-refractivity contribution in [3.8, 4) is 10.4 Å². The Hall–Kier alpha value is -2.70. The molecule has 0 unspecified atom stereocenters. The Morgan fingerprint density at radius 3 is 2.67 bits per heavy atom. The SMILES string of the molecule is CCn1c(SCC(=O)c2ccccc2)nc2sc3c(c2c1=O)CCc1ccccc1-3. The van der Waals surface area contributed by atoms with Gasteiger partial charge in [0.1, 0.15) is 4.83 Å². The van der Waals surface area contributed by atoms with Gasteiger partial charge in [-0.2, -0.15) is 0 Å². The highest BCUT2D eigenvalue weighted by molar-refractivity contribution is 7.99. The summed E-state index contributed by atoms with van der Waals surface area (Å²) >= 11 is 2.94. The number of aryl methyl sites for hydroxylation is 2. The van der Waals surface area contributed by atoms with Crippen LogP contribution in [-0.4, -0.2) is 21.1 Å². The summed E-state index contributed by atoms with van der Waals surface area (Å²) in [6, 6.07) is 17.7. The van der Waals surface area contributed by atoms with Gasteiger partial charge in [0.15, 0.2) is 10.9 Å². The van der Waals surface area contributed by atoms with Crippen molar-refractivity contribution in [1.29, 1.82) is 0 Å². The molecular weight excluding hydrogens is 412 g/mol. The van der Waals surface area contributed by atoms with E-state index in [1.807, 2.05) is 43.3 Å². The van der Waals surface area contributed by atoms with Crippen molar-refractivity contribution < 1.29 is 4.79 Å². The van der Waals surface area contributed by atoms with Crippen LogP contribution in [0.25, 0.3) is 20.7 Å². The lowest BCUT2D eigenvalue weighted by Gasteiger charge is -2.16. The van der Waals surface area contributed by atoms with Crippen molar-refractivity contribution in [2.24, 2.45) is 0 Å². The molecule has 4 aromatic rings. The van der Waals surface area contributed by atoms with Crippen molar-refractivity contribution in [2.45, 2.75) is 31.5 Å². The van der Waals surface area contributed by atoms with Gasteiger partial charge in [-0.15, -0.1) is 11.3 Å². The van der Waals surface area contributed by atoms with Gasteiger partial charge in [-0.05, 0) is 36.5 Å². The molecule has 4 nitrogen and oxygen atoms in total. The predicted molar refractivity (Wildman–Crippen MR) is 124 cm³/mol. The first kappa shape index (κ1) is 19.3. The number of Topliss-reactive ketones (excluding diaryl/α,β-unsaturated/α-hetero) is 1. The quantitative estimate of drug-likeness (QED) is 0.247. The Morgan fingerprint density at radius 1 is 1.10 bits per heavy atom. The highest BCUT2D eigenvalue weighted by Gasteiger charge is 2.25. The molecule has 1 aliphatic carbocycles. The summed E-state index contributed by atoms with van der Waals surface area (Å²) in [4.78, 5) is 32.7. The molecule has 0 saturated carbocycles. The fourth-order valence-electron chi connectivity index (χ4n) is 4.02. The van der Waals surface area contributed by atoms with Crippen LogP contribution in [0.4, 0.5) is 0 Å². The second kappa shape index (κ2) is 7.85. The first-order chi connectivity index (χ1) is 14.7. The van der Waals surface area contributed by atoms with E-state index in [9.17, 15) is 9.59 Å². The topological polar surface area (TPSA) is 52.0 Å². The van der Waals surface area contributed by atoms with Crippen molar-refractivity contribution in [1.82, 2.24) is 9.55 Å². The number of carbonyl (C=O) groups excluding carboxylic acids is 1. The van der Waals surface area contributed by atoms with E-state index in [0.717, 1.165) is 28.6 Å². The summed E-state index contributed by atoms with van der Waals surface area (Å²) in [5.41, 5.74) is 4.37. The van der Waals surface area contributed by atoms with Gasteiger partial charge >= 0.3 is 0 Å². The third-order valence-electron chi connectivity index (χ3n) is 5.53. The molecule has 2 heterocycles. The fourth-order valence-corrected chi connectivity index (χ4v) is 6.31. The van der Waals surface area contributed by atoms with Gasteiger partial charge < -0.3 is 0 Å². The lowest BCUT2D eigenvalue weighted by atomic mass is 9.90. The van der Waals surface area contributed by atoms with Crippen LogP contribution < -0.4 is 5.56 Å². The van der Waals surface area contributed by atoms with Crippen LogP contribution in [0.5, 0.6) is 0 Å². The summed E-state index contributed by atoms with van der Waals surface area (Å²) in [6.07, 6.45) is 1.81. The molecule has 150 valence electrons. The Labute approximate surface area is 182 Å². The van der Waals surface area contributed by atoms with E-state index in [-0.39, 0.29) is 17.1 Å². The average molecular weight is 433 g/mol. The monoisotopic (exact) mass is 432 g/mol. The molecule has 0 radical (unpaired) electrons. The number of rotatable bonds is 5. The number of thioether (sulfide) groups is 1. The van der Waals surface area contributed by atoms with Gasteiger partial charge in [-0.25, -0.2) is 4.98 Å². The summed E-state index contributed by atoms with van der Waals surface area (Å²) in [5, 5.41) is 1.37. The van der Waals surface area contributed by atoms with E-state index in [1.165, 1.54) is 27.8 Å². The van der Waals surface area contributed by atoms with Crippen molar-refractivity contribution >= 4 is 39.1 Å². The number of hydrogen-bond donors (Lipinski definition) is 0. The molecule has 0 saturated heterocycles. The van der Waals surface area contributed by atoms with E-state index in [2.05, 4.69) is 18.2 Å². The highest BCUT2D eigenvalue weighted by Crippen LogP contribution is 2.42. The Balaban J connectivity index is 1.56. The normalized spacial score (nSPS) is 12.6. The number of fused-ring (bicyclic) bond motifs is 5. The molecule has 0 aliphatic heterocycles. The second-order valence-electron chi connectivity index (χ2n) is 7.27. The van der Waals surface area contributed by atoms with Crippen LogP contribution in [0.1, 0.15) is 28.4 Å². The minimum absolute atomic E-state index is 0.00837. The van der Waals surface area contributed by atoms with E-state index in [1.54, 1.807) is 15.9 Å². The Kier molecular flexibility index (Phi) is 5.05. The number of nitrogens with zero attached hydrogens (tertiary/aromatic N) is 2. The van der Waals surface area contributed by atoms with Crippen molar-refractivity contribution in [3.63, 3.8) is 0 Å². The number of carbonyl (C=O) groups is 1. The zero-order valence-electron chi connectivity index (χ0n) is 16.6. The summed E-state index contributed by atoms with van der Waals surface area (Å²) in [7, 11) is 0. The van der Waals surface area contributed by atoms with Crippen LogP contribution in [0.2, 0.25) is 0 Å². The maximum Gasteiger partial charge on any atom is 0.263 e. The molecule has 0 fully saturated rings. The lowest BCUT2D eigenvalue weighted by molar-refractivity contribution is 0.102. The zero-order valence-corrected chi connectivity index (χ0v) is 18.2. The maximum absolute atomic E-state index is 13.4. The molecule has 0 spiro atoms. The molecule has 0 amide bonds. The zero-order chi connectivity index (χ0) is 20.7. The predicted octanol–water partition coefficient (Wildman–Crippen LogP) is 5.22. The summed E-state index contributed by atoms with van der Waals surface area (Å²) in [5.74, 6) is 0.299. The Bertz CT molecular complexity index is 1320. The molecule has 0 atom stereocenters. The first-order valence-corrected chi connectivity index (χ1v) is 11.8. The number of hydrogen-bond acceptors (Lipinski definition) is 5. The molecular formula is C24H20N2O2S2. The molecule has 2 aromatic heterocycles. The van der Waals surface area contributed by atoms with Crippen LogP contribution in [-0.2, 0) is 19.4 Å². The molecule has 5 rings (SSSR count). The molecule has 1 aliphatic rings. The van der Waals surface area contributed by atoms with Gasteiger partial charge in [-0.1, -0.05) is 66.4 Å². The average Bonchev–Trinajstić information content (AvgIpc) is 3.17. The number of benzene rings is 2. The third-order valence-corrected chi connectivity index (χ3v) is 7.66. The molecule has 0 bridgehead atoms. The van der Waals surface area contributed by atoms with E-state index >= 15 is 0 Å². The van der Waals surface area contributed by atoms with Gasteiger partial charge in [0.2, 0.25) is 0 Å². The highest BCUT2D eigenvalue weighted by atomic mass is 32.2. The Morgan fingerprint density at radius 2 is 1.87 bits per heavy atom. The largest absolute Gasteiger partial charge is 0.293 e. The van der Waals surface area contributed by atoms with Gasteiger partial charge in [0.05, 0.1) is 11.1 Å². The number of thiophene rings is 1. The summed E-state index contributed by atoms with van der Waals surface area (Å²) in [6.45, 7) is 2.48. The molecule has 30 heavy (non-hydrogen) atoms. The fraction of sp³-hybridized carbons (Fsp3) is 0.208. The van der Waals surface area contributed by atoms with E-state index < -0.39 is 0 Å². The standard InChI is InChI=1S/C24H20N2O2S2/c1-2-26-23(28)20-18-13-12-15-8-6-7-11-17(15)21(18)30-22(20)25-24(26)29-14-19(27)16-9-4-3-5-10-16/h3-11H,2,12-14H2,1H3. The van der Waals surface area contributed by atoms with Gasteiger partial charge in [0, 0.05) is 17.0 Å². The smallest absolute Gasteiger partial charge is 0.263 e. The van der Waals surface area contributed by atoms with Crippen LogP contribution >= 0.6 is 23.1 Å².